The van der Waals surface area contributed by atoms with Crippen molar-refractivity contribution in [3.63, 3.8) is 0 Å². The van der Waals surface area contributed by atoms with E-state index in [0.717, 1.165) is 12.1 Å². The molecule has 0 saturated heterocycles. The molecule has 1 fully saturated rings. The average Bonchev–Trinajstić information content (AvgIpc) is 3.06. The molecule has 1 aromatic carbocycles. The minimum Gasteiger partial charge on any atom is -0.393 e. The molecule has 3 aromatic rings. The van der Waals surface area contributed by atoms with E-state index in [1.165, 1.54) is 18.2 Å². The maximum atomic E-state index is 13.2. The standard InChI is InChI=1S/C21H20F3N3O3/c1-11-18-16(20(29)27(2)10-12-6-15(28)7-12)9-17(25-19(18)30-26-11)13-4-3-5-14(8-13)21(22,23)24/h3-5,8-9,12,15,28H,6-7,10H2,1-2H3. The van der Waals surface area contributed by atoms with Gasteiger partial charge in [-0.2, -0.15) is 13.2 Å². The predicted octanol–water partition coefficient (Wildman–Crippen LogP) is 4.06. The van der Waals surface area contributed by atoms with Gasteiger partial charge < -0.3 is 14.5 Å². The summed E-state index contributed by atoms with van der Waals surface area (Å²) in [6.45, 7) is 2.15. The van der Waals surface area contributed by atoms with Crippen molar-refractivity contribution < 1.29 is 27.6 Å². The third-order valence-corrected chi connectivity index (χ3v) is 5.42. The molecule has 4 rings (SSSR count). The Bertz CT molecular complexity index is 1100. The minimum absolute atomic E-state index is 0.0956. The fourth-order valence-corrected chi connectivity index (χ4v) is 3.79. The van der Waals surface area contributed by atoms with Gasteiger partial charge in [0.2, 0.25) is 0 Å². The van der Waals surface area contributed by atoms with E-state index in [4.69, 9.17) is 4.52 Å². The van der Waals surface area contributed by atoms with E-state index in [-0.39, 0.29) is 40.5 Å². The van der Waals surface area contributed by atoms with Crippen molar-refractivity contribution in [2.75, 3.05) is 13.6 Å². The molecule has 1 aliphatic rings. The number of halogens is 3. The van der Waals surface area contributed by atoms with E-state index < -0.39 is 11.7 Å². The number of nitrogens with zero attached hydrogens (tertiary/aromatic N) is 3. The Kier molecular flexibility index (Phi) is 5.01. The van der Waals surface area contributed by atoms with Crippen molar-refractivity contribution >= 4 is 17.0 Å². The number of alkyl halides is 3. The van der Waals surface area contributed by atoms with Crippen molar-refractivity contribution in [2.45, 2.75) is 32.0 Å². The summed E-state index contributed by atoms with van der Waals surface area (Å²) in [5.41, 5.74) is 0.458. The van der Waals surface area contributed by atoms with E-state index in [9.17, 15) is 23.1 Å². The first kappa shape index (κ1) is 20.3. The zero-order valence-electron chi connectivity index (χ0n) is 16.4. The molecule has 0 spiro atoms. The zero-order chi connectivity index (χ0) is 21.6. The summed E-state index contributed by atoms with van der Waals surface area (Å²) in [7, 11) is 1.66. The summed E-state index contributed by atoms with van der Waals surface area (Å²) in [4.78, 5) is 19.0. The fraction of sp³-hybridized carbons (Fsp3) is 0.381. The number of aliphatic hydroxyl groups is 1. The molecular weight excluding hydrogens is 399 g/mol. The van der Waals surface area contributed by atoms with Crippen LogP contribution in [0.2, 0.25) is 0 Å². The first-order valence-corrected chi connectivity index (χ1v) is 9.51. The Labute approximate surface area is 170 Å². The Morgan fingerprint density at radius 2 is 2.03 bits per heavy atom. The van der Waals surface area contributed by atoms with Crippen molar-refractivity contribution in [1.82, 2.24) is 15.0 Å². The lowest BCUT2D eigenvalue weighted by Crippen LogP contribution is -2.39. The lowest BCUT2D eigenvalue weighted by atomic mass is 9.82. The van der Waals surface area contributed by atoms with Gasteiger partial charge in [-0.05, 0) is 43.9 Å². The zero-order valence-corrected chi connectivity index (χ0v) is 16.4. The number of aliphatic hydroxyl groups excluding tert-OH is 1. The molecule has 0 atom stereocenters. The molecule has 0 aliphatic heterocycles. The van der Waals surface area contributed by atoms with Gasteiger partial charge in [-0.3, -0.25) is 4.79 Å². The maximum Gasteiger partial charge on any atom is 0.416 e. The third kappa shape index (κ3) is 3.77. The van der Waals surface area contributed by atoms with Gasteiger partial charge in [0, 0.05) is 19.2 Å². The molecule has 9 heteroatoms. The maximum absolute atomic E-state index is 13.2. The summed E-state index contributed by atoms with van der Waals surface area (Å²) in [5.74, 6) is -0.0823. The molecule has 2 heterocycles. The molecular formula is C21H20F3N3O3. The van der Waals surface area contributed by atoms with E-state index in [2.05, 4.69) is 10.1 Å². The first-order valence-electron chi connectivity index (χ1n) is 9.51. The number of fused-ring (bicyclic) bond motifs is 1. The number of aromatic nitrogens is 2. The van der Waals surface area contributed by atoms with E-state index in [1.54, 1.807) is 18.9 Å². The molecule has 1 amide bonds. The molecule has 30 heavy (non-hydrogen) atoms. The second-order valence-corrected chi connectivity index (χ2v) is 7.76. The highest BCUT2D eigenvalue weighted by molar-refractivity contribution is 6.06. The number of aryl methyl sites for hydroxylation is 1. The topological polar surface area (TPSA) is 79.5 Å². The van der Waals surface area contributed by atoms with Crippen LogP contribution in [0.3, 0.4) is 0 Å². The molecule has 0 unspecified atom stereocenters. The Hall–Kier alpha value is -2.94. The van der Waals surface area contributed by atoms with Crippen LogP contribution in [0.15, 0.2) is 34.9 Å². The van der Waals surface area contributed by atoms with Crippen LogP contribution in [0.5, 0.6) is 0 Å². The second kappa shape index (κ2) is 7.39. The smallest absolute Gasteiger partial charge is 0.393 e. The summed E-state index contributed by atoms with van der Waals surface area (Å²) in [5, 5.41) is 13.8. The van der Waals surface area contributed by atoms with Crippen molar-refractivity contribution in [3.05, 3.63) is 47.2 Å². The highest BCUT2D eigenvalue weighted by Crippen LogP contribution is 2.34. The van der Waals surface area contributed by atoms with Crippen LogP contribution < -0.4 is 0 Å². The number of pyridine rings is 1. The second-order valence-electron chi connectivity index (χ2n) is 7.76. The van der Waals surface area contributed by atoms with Crippen LogP contribution in [0.25, 0.3) is 22.4 Å². The van der Waals surface area contributed by atoms with Crippen LogP contribution in [-0.2, 0) is 6.18 Å². The average molecular weight is 419 g/mol. The van der Waals surface area contributed by atoms with E-state index >= 15 is 0 Å². The molecule has 1 N–H and O–H groups in total. The van der Waals surface area contributed by atoms with Crippen molar-refractivity contribution in [2.24, 2.45) is 5.92 Å². The van der Waals surface area contributed by atoms with Crippen molar-refractivity contribution in [3.8, 4) is 11.3 Å². The number of hydrogen-bond acceptors (Lipinski definition) is 5. The lowest BCUT2D eigenvalue weighted by molar-refractivity contribution is -0.137. The van der Waals surface area contributed by atoms with Crippen LogP contribution >= 0.6 is 0 Å². The lowest BCUT2D eigenvalue weighted by Gasteiger charge is -2.34. The van der Waals surface area contributed by atoms with Crippen LogP contribution in [0.1, 0.15) is 34.5 Å². The monoisotopic (exact) mass is 419 g/mol. The Balaban J connectivity index is 1.74. The molecule has 0 bridgehead atoms. The summed E-state index contributed by atoms with van der Waals surface area (Å²) in [6.07, 6.45) is -3.52. The van der Waals surface area contributed by atoms with Gasteiger partial charge in [0.1, 0.15) is 0 Å². The van der Waals surface area contributed by atoms with Gasteiger partial charge >= 0.3 is 6.18 Å². The molecule has 158 valence electrons. The molecule has 1 saturated carbocycles. The molecule has 0 radical (unpaired) electrons. The Morgan fingerprint density at radius 1 is 1.30 bits per heavy atom. The largest absolute Gasteiger partial charge is 0.416 e. The van der Waals surface area contributed by atoms with E-state index in [1.807, 2.05) is 0 Å². The molecule has 2 aromatic heterocycles. The predicted molar refractivity (Wildman–Crippen MR) is 103 cm³/mol. The fourth-order valence-electron chi connectivity index (χ4n) is 3.79. The molecule has 6 nitrogen and oxygen atoms in total. The SMILES string of the molecule is Cc1noc2nc(-c3cccc(C(F)(F)F)c3)cc(C(=O)N(C)CC3CC(O)C3)c12. The number of amides is 1. The number of rotatable bonds is 4. The highest BCUT2D eigenvalue weighted by Gasteiger charge is 2.32. The third-order valence-electron chi connectivity index (χ3n) is 5.42. The van der Waals surface area contributed by atoms with Gasteiger partial charge in [0.05, 0.1) is 34.0 Å². The number of benzene rings is 1. The van der Waals surface area contributed by atoms with Crippen LogP contribution in [-0.4, -0.2) is 45.8 Å². The summed E-state index contributed by atoms with van der Waals surface area (Å²) in [6, 6.07) is 6.25. The summed E-state index contributed by atoms with van der Waals surface area (Å²) >= 11 is 0. The highest BCUT2D eigenvalue weighted by atomic mass is 19.4. The van der Waals surface area contributed by atoms with Crippen LogP contribution in [0, 0.1) is 12.8 Å². The van der Waals surface area contributed by atoms with Gasteiger partial charge in [-0.25, -0.2) is 4.98 Å². The molecule has 1 aliphatic carbocycles. The van der Waals surface area contributed by atoms with Gasteiger partial charge in [-0.15, -0.1) is 0 Å². The van der Waals surface area contributed by atoms with Crippen molar-refractivity contribution in [1.29, 1.82) is 0 Å². The number of carbonyl (C=O) groups excluding carboxylic acids is 1. The Morgan fingerprint density at radius 3 is 2.70 bits per heavy atom. The summed E-state index contributed by atoms with van der Waals surface area (Å²) < 4.78 is 44.6. The number of carbonyl (C=O) groups is 1. The van der Waals surface area contributed by atoms with Gasteiger partial charge in [0.15, 0.2) is 0 Å². The van der Waals surface area contributed by atoms with Gasteiger partial charge in [-0.1, -0.05) is 17.3 Å². The van der Waals surface area contributed by atoms with E-state index in [0.29, 0.717) is 30.5 Å². The number of hydrogen-bond donors (Lipinski definition) is 1. The normalized spacial score (nSPS) is 19.0. The van der Waals surface area contributed by atoms with Crippen LogP contribution in [0.4, 0.5) is 13.2 Å². The van der Waals surface area contributed by atoms with Gasteiger partial charge in [0.25, 0.3) is 11.6 Å². The first-order chi connectivity index (χ1) is 14.1. The minimum atomic E-state index is -4.49. The quantitative estimate of drug-likeness (QED) is 0.690.